The lowest BCUT2D eigenvalue weighted by Gasteiger charge is -2.28. The average Bonchev–Trinajstić information content (AvgIpc) is 2.94. The molecule has 2 rings (SSSR count). The van der Waals surface area contributed by atoms with Gasteiger partial charge < -0.3 is 10.6 Å². The molecule has 1 aromatic rings. The number of amides is 1. The van der Waals surface area contributed by atoms with Gasteiger partial charge in [0.15, 0.2) is 0 Å². The second-order valence-corrected chi connectivity index (χ2v) is 5.50. The van der Waals surface area contributed by atoms with Crippen molar-refractivity contribution in [2.24, 2.45) is 0 Å². The van der Waals surface area contributed by atoms with Crippen LogP contribution in [0.5, 0.6) is 0 Å². The van der Waals surface area contributed by atoms with E-state index in [1.807, 2.05) is 12.1 Å². The van der Waals surface area contributed by atoms with Crippen LogP contribution in [0.4, 0.5) is 5.69 Å². The first-order valence-electron chi connectivity index (χ1n) is 7.50. The normalized spacial score (nSPS) is 18.4. The average molecular weight is 275 g/mol. The van der Waals surface area contributed by atoms with Crippen LogP contribution in [0, 0.1) is 0 Å². The quantitative estimate of drug-likeness (QED) is 0.836. The van der Waals surface area contributed by atoms with Crippen molar-refractivity contribution < 1.29 is 4.79 Å². The summed E-state index contributed by atoms with van der Waals surface area (Å²) in [6.07, 6.45) is 2.42. The number of anilines is 1. The largest absolute Gasteiger partial charge is 0.326 e. The Morgan fingerprint density at radius 2 is 2.15 bits per heavy atom. The summed E-state index contributed by atoms with van der Waals surface area (Å²) in [5.41, 5.74) is 2.17. The van der Waals surface area contributed by atoms with Crippen molar-refractivity contribution in [3.63, 3.8) is 0 Å². The van der Waals surface area contributed by atoms with Crippen LogP contribution in [0.25, 0.3) is 0 Å². The van der Waals surface area contributed by atoms with Gasteiger partial charge in [0, 0.05) is 31.7 Å². The maximum atomic E-state index is 11.0. The van der Waals surface area contributed by atoms with Crippen LogP contribution in [0.15, 0.2) is 24.3 Å². The van der Waals surface area contributed by atoms with Gasteiger partial charge in [-0.15, -0.1) is 0 Å². The molecule has 1 atom stereocenters. The van der Waals surface area contributed by atoms with Crippen LogP contribution >= 0.6 is 0 Å². The summed E-state index contributed by atoms with van der Waals surface area (Å²) in [7, 11) is 0. The van der Waals surface area contributed by atoms with Gasteiger partial charge in [-0.3, -0.25) is 9.69 Å². The fourth-order valence-corrected chi connectivity index (χ4v) is 2.76. The molecule has 0 bridgehead atoms. The maximum Gasteiger partial charge on any atom is 0.221 e. The first kappa shape index (κ1) is 15.0. The molecule has 0 aliphatic carbocycles. The zero-order chi connectivity index (χ0) is 14.4. The number of nitrogens with zero attached hydrogens (tertiary/aromatic N) is 1. The Balaban J connectivity index is 1.97. The third-order valence-electron chi connectivity index (χ3n) is 3.72. The molecule has 110 valence electrons. The van der Waals surface area contributed by atoms with Gasteiger partial charge in [-0.25, -0.2) is 0 Å². The Kier molecular flexibility index (Phi) is 5.56. The fourth-order valence-electron chi connectivity index (χ4n) is 2.76. The van der Waals surface area contributed by atoms with E-state index in [1.165, 1.54) is 25.3 Å². The van der Waals surface area contributed by atoms with Gasteiger partial charge in [0.1, 0.15) is 0 Å². The molecule has 1 fully saturated rings. The van der Waals surface area contributed by atoms with Crippen molar-refractivity contribution in [3.05, 3.63) is 29.8 Å². The number of hydrogen-bond donors (Lipinski definition) is 2. The predicted octanol–water partition coefficient (Wildman–Crippen LogP) is 2.22. The van der Waals surface area contributed by atoms with E-state index < -0.39 is 0 Å². The summed E-state index contributed by atoms with van der Waals surface area (Å²) in [6, 6.07) is 8.83. The van der Waals surface area contributed by atoms with E-state index in [4.69, 9.17) is 0 Å². The SMILES string of the molecule is CCCN(Cc1ccc(NC(C)=O)cc1)C1CCNC1. The molecule has 1 aliphatic heterocycles. The summed E-state index contributed by atoms with van der Waals surface area (Å²) in [5, 5.41) is 6.24. The van der Waals surface area contributed by atoms with E-state index in [2.05, 4.69) is 34.6 Å². The van der Waals surface area contributed by atoms with Crippen molar-refractivity contribution in [1.29, 1.82) is 0 Å². The molecule has 1 aromatic carbocycles. The highest BCUT2D eigenvalue weighted by atomic mass is 16.1. The van der Waals surface area contributed by atoms with Crippen molar-refractivity contribution in [3.8, 4) is 0 Å². The lowest BCUT2D eigenvalue weighted by molar-refractivity contribution is -0.114. The first-order valence-corrected chi connectivity index (χ1v) is 7.50. The second kappa shape index (κ2) is 7.41. The van der Waals surface area contributed by atoms with Crippen LogP contribution in [0.3, 0.4) is 0 Å². The summed E-state index contributed by atoms with van der Waals surface area (Å²) < 4.78 is 0. The zero-order valence-electron chi connectivity index (χ0n) is 12.5. The van der Waals surface area contributed by atoms with E-state index in [0.29, 0.717) is 6.04 Å². The smallest absolute Gasteiger partial charge is 0.221 e. The summed E-state index contributed by atoms with van der Waals surface area (Å²) in [6.45, 7) is 8.12. The van der Waals surface area contributed by atoms with Gasteiger partial charge in [0.2, 0.25) is 5.91 Å². The van der Waals surface area contributed by atoms with Crippen LogP contribution in [0.1, 0.15) is 32.3 Å². The zero-order valence-corrected chi connectivity index (χ0v) is 12.5. The first-order chi connectivity index (χ1) is 9.69. The topological polar surface area (TPSA) is 44.4 Å². The molecule has 0 radical (unpaired) electrons. The lowest BCUT2D eigenvalue weighted by Crippen LogP contribution is -2.36. The van der Waals surface area contributed by atoms with Crippen molar-refractivity contribution >= 4 is 11.6 Å². The number of nitrogens with one attached hydrogen (secondary N) is 2. The molecule has 1 heterocycles. The van der Waals surface area contributed by atoms with Gasteiger partial charge >= 0.3 is 0 Å². The third-order valence-corrected chi connectivity index (χ3v) is 3.72. The molecular weight excluding hydrogens is 250 g/mol. The number of hydrogen-bond acceptors (Lipinski definition) is 3. The fraction of sp³-hybridized carbons (Fsp3) is 0.562. The minimum absolute atomic E-state index is 0.0256. The molecule has 1 aliphatic rings. The molecule has 1 amide bonds. The van der Waals surface area contributed by atoms with Gasteiger partial charge in [-0.05, 0) is 43.6 Å². The summed E-state index contributed by atoms with van der Waals surface area (Å²) in [5.74, 6) is -0.0256. The van der Waals surface area contributed by atoms with Crippen molar-refractivity contribution in [2.45, 2.75) is 39.3 Å². The van der Waals surface area contributed by atoms with Gasteiger partial charge in [-0.1, -0.05) is 19.1 Å². The van der Waals surface area contributed by atoms with E-state index >= 15 is 0 Å². The van der Waals surface area contributed by atoms with Crippen molar-refractivity contribution in [1.82, 2.24) is 10.2 Å². The Morgan fingerprint density at radius 3 is 2.70 bits per heavy atom. The molecular formula is C16H25N3O. The lowest BCUT2D eigenvalue weighted by atomic mass is 10.1. The molecule has 2 N–H and O–H groups in total. The Bertz CT molecular complexity index is 424. The maximum absolute atomic E-state index is 11.0. The molecule has 20 heavy (non-hydrogen) atoms. The molecule has 1 unspecified atom stereocenters. The van der Waals surface area contributed by atoms with Gasteiger partial charge in [0.25, 0.3) is 0 Å². The summed E-state index contributed by atoms with van der Waals surface area (Å²) >= 11 is 0. The minimum atomic E-state index is -0.0256. The molecule has 4 nitrogen and oxygen atoms in total. The van der Waals surface area contributed by atoms with Crippen LogP contribution in [-0.2, 0) is 11.3 Å². The number of rotatable bonds is 6. The highest BCUT2D eigenvalue weighted by Gasteiger charge is 2.21. The molecule has 0 spiro atoms. The predicted molar refractivity (Wildman–Crippen MR) is 82.7 cm³/mol. The standard InChI is InChI=1S/C16H25N3O/c1-3-10-19(16-8-9-17-11-16)12-14-4-6-15(7-5-14)18-13(2)20/h4-7,16-17H,3,8-12H2,1-2H3,(H,18,20). The highest BCUT2D eigenvalue weighted by molar-refractivity contribution is 5.88. The number of benzene rings is 1. The van der Waals surface area contributed by atoms with E-state index in [0.717, 1.165) is 31.9 Å². The van der Waals surface area contributed by atoms with Crippen LogP contribution in [-0.4, -0.2) is 36.5 Å². The van der Waals surface area contributed by atoms with Crippen LogP contribution in [0.2, 0.25) is 0 Å². The Morgan fingerprint density at radius 1 is 1.40 bits per heavy atom. The van der Waals surface area contributed by atoms with Crippen LogP contribution < -0.4 is 10.6 Å². The van der Waals surface area contributed by atoms with E-state index in [1.54, 1.807) is 0 Å². The second-order valence-electron chi connectivity index (χ2n) is 5.50. The number of carbonyl (C=O) groups is 1. The Labute approximate surface area is 121 Å². The molecule has 0 aromatic heterocycles. The summed E-state index contributed by atoms with van der Waals surface area (Å²) in [4.78, 5) is 13.6. The third kappa shape index (κ3) is 4.32. The van der Waals surface area contributed by atoms with E-state index in [9.17, 15) is 4.79 Å². The Hall–Kier alpha value is -1.39. The van der Waals surface area contributed by atoms with Gasteiger partial charge in [0.05, 0.1) is 0 Å². The van der Waals surface area contributed by atoms with Crippen molar-refractivity contribution in [2.75, 3.05) is 25.0 Å². The van der Waals surface area contributed by atoms with E-state index in [-0.39, 0.29) is 5.91 Å². The molecule has 4 heteroatoms. The monoisotopic (exact) mass is 275 g/mol. The number of carbonyl (C=O) groups excluding carboxylic acids is 1. The van der Waals surface area contributed by atoms with Gasteiger partial charge in [-0.2, -0.15) is 0 Å². The minimum Gasteiger partial charge on any atom is -0.326 e. The highest BCUT2D eigenvalue weighted by Crippen LogP contribution is 2.16. The molecule has 0 saturated carbocycles. The molecule has 1 saturated heterocycles.